The third kappa shape index (κ3) is 7.36. The first-order valence-corrected chi connectivity index (χ1v) is 12.9. The summed E-state index contributed by atoms with van der Waals surface area (Å²) < 4.78 is 22.8. The molecule has 2 atom stereocenters. The summed E-state index contributed by atoms with van der Waals surface area (Å²) in [6.07, 6.45) is 6.93. The highest BCUT2D eigenvalue weighted by atomic mass is 32.2. The fourth-order valence-corrected chi connectivity index (χ4v) is 5.12. The van der Waals surface area contributed by atoms with Crippen LogP contribution in [0.2, 0.25) is 0 Å². The van der Waals surface area contributed by atoms with Crippen LogP contribution in [-0.4, -0.2) is 81.0 Å². The van der Waals surface area contributed by atoms with Crippen molar-refractivity contribution in [2.45, 2.75) is 25.8 Å². The zero-order valence-corrected chi connectivity index (χ0v) is 21.2. The van der Waals surface area contributed by atoms with Crippen molar-refractivity contribution in [3.63, 3.8) is 0 Å². The summed E-state index contributed by atoms with van der Waals surface area (Å²) in [6.45, 7) is 4.03. The molecule has 0 radical (unpaired) electrons. The van der Waals surface area contributed by atoms with E-state index in [1.807, 2.05) is 0 Å². The van der Waals surface area contributed by atoms with Gasteiger partial charge in [-0.1, -0.05) is 48.4 Å². The fraction of sp³-hybridized carbons (Fsp3) is 0.462. The van der Waals surface area contributed by atoms with Crippen molar-refractivity contribution in [2.75, 3.05) is 46.3 Å². The Hall–Kier alpha value is -2.77. The molecule has 0 bridgehead atoms. The molecular weight excluding hydrogens is 464 g/mol. The zero-order chi connectivity index (χ0) is 25.4. The first kappa shape index (κ1) is 26.8. The van der Waals surface area contributed by atoms with Gasteiger partial charge in [-0.05, 0) is 55.1 Å². The number of carbonyl (C=O) groups excluding carboxylic acids is 2. The van der Waals surface area contributed by atoms with Gasteiger partial charge in [0.25, 0.3) is 0 Å². The average molecular weight is 499 g/mol. The molecule has 35 heavy (non-hydrogen) atoms. The first-order valence-electron chi connectivity index (χ1n) is 11.8. The van der Waals surface area contributed by atoms with Crippen molar-refractivity contribution in [1.29, 1.82) is 0 Å². The van der Waals surface area contributed by atoms with Gasteiger partial charge in [0.05, 0.1) is 19.6 Å². The second-order valence-corrected chi connectivity index (χ2v) is 9.99. The van der Waals surface area contributed by atoms with E-state index in [9.17, 15) is 18.4 Å². The molecule has 1 aliphatic rings. The fourth-order valence-electron chi connectivity index (χ4n) is 4.56. The highest BCUT2D eigenvalue weighted by Gasteiger charge is 2.27. The lowest BCUT2D eigenvalue weighted by Crippen LogP contribution is -2.45. The zero-order valence-electron chi connectivity index (χ0n) is 20.4. The van der Waals surface area contributed by atoms with Gasteiger partial charge in [-0.25, -0.2) is 4.21 Å². The van der Waals surface area contributed by atoms with Crippen LogP contribution in [0.5, 0.6) is 0 Å². The maximum Gasteiger partial charge on any atom is 0.242 e. The lowest BCUT2D eigenvalue weighted by Gasteiger charge is -2.37. The number of fused-ring (bicyclic) bond motifs is 1. The number of likely N-dealkylation sites (N-methyl/N-ethyl adjacent to an activating group) is 1. The van der Waals surface area contributed by atoms with E-state index in [-0.39, 0.29) is 37.5 Å². The van der Waals surface area contributed by atoms with E-state index in [1.54, 1.807) is 7.05 Å². The van der Waals surface area contributed by atoms with Crippen molar-refractivity contribution in [3.05, 3.63) is 48.0 Å². The molecule has 188 valence electrons. The normalized spacial score (nSPS) is 16.5. The van der Waals surface area contributed by atoms with Crippen LogP contribution in [0.15, 0.2) is 42.5 Å². The van der Waals surface area contributed by atoms with Gasteiger partial charge in [0.1, 0.15) is 0 Å². The Morgan fingerprint density at radius 3 is 2.60 bits per heavy atom. The van der Waals surface area contributed by atoms with Gasteiger partial charge in [0.2, 0.25) is 23.1 Å². The Morgan fingerprint density at radius 1 is 1.23 bits per heavy atom. The van der Waals surface area contributed by atoms with Crippen LogP contribution in [0.25, 0.3) is 10.8 Å². The molecule has 2 aromatic rings. The number of likely N-dealkylation sites (tertiary alicyclic amines) is 1. The second kappa shape index (κ2) is 12.8. The molecule has 3 rings (SSSR count). The average Bonchev–Trinajstić information content (AvgIpc) is 2.86. The third-order valence-electron chi connectivity index (χ3n) is 6.66. The van der Waals surface area contributed by atoms with Crippen molar-refractivity contribution < 1.29 is 18.4 Å². The van der Waals surface area contributed by atoms with Crippen LogP contribution in [0.4, 0.5) is 0 Å². The summed E-state index contributed by atoms with van der Waals surface area (Å²) in [5.74, 6) is 1.78. The maximum atomic E-state index is 12.3. The first-order chi connectivity index (χ1) is 16.8. The highest BCUT2D eigenvalue weighted by Crippen LogP contribution is 2.31. The van der Waals surface area contributed by atoms with Crippen molar-refractivity contribution in [3.8, 4) is 12.3 Å². The minimum absolute atomic E-state index is 0.152. The Morgan fingerprint density at radius 2 is 1.91 bits per heavy atom. The van der Waals surface area contributed by atoms with Crippen LogP contribution >= 0.6 is 0 Å². The quantitative estimate of drug-likeness (QED) is 0.387. The highest BCUT2D eigenvalue weighted by molar-refractivity contribution is 7.76. The Labute approximate surface area is 210 Å². The van der Waals surface area contributed by atoms with Crippen LogP contribution < -0.4 is 5.32 Å². The van der Waals surface area contributed by atoms with Gasteiger partial charge in [-0.3, -0.25) is 19.0 Å². The number of hydrogen-bond acceptors (Lipinski definition) is 4. The molecule has 1 fully saturated rings. The maximum absolute atomic E-state index is 12.3. The Kier molecular flexibility index (Phi) is 9.81. The lowest BCUT2D eigenvalue weighted by molar-refractivity contribution is -0.131. The molecule has 1 heterocycles. The van der Waals surface area contributed by atoms with Crippen LogP contribution in [0, 0.1) is 18.3 Å². The molecule has 0 saturated carbocycles. The number of nitrogens with one attached hydrogen (secondary N) is 1. The van der Waals surface area contributed by atoms with Gasteiger partial charge < -0.3 is 10.2 Å². The molecule has 2 aromatic carbocycles. The minimum atomic E-state index is -2.28. The molecule has 0 aromatic heterocycles. The van der Waals surface area contributed by atoms with E-state index in [1.165, 1.54) is 25.5 Å². The van der Waals surface area contributed by atoms with E-state index >= 15 is 0 Å². The molecule has 2 amide bonds. The predicted octanol–water partition coefficient (Wildman–Crippen LogP) is 2.26. The van der Waals surface area contributed by atoms with Gasteiger partial charge >= 0.3 is 0 Å². The van der Waals surface area contributed by atoms with E-state index in [0.29, 0.717) is 6.54 Å². The topological polar surface area (TPSA) is 93.2 Å². The summed E-state index contributed by atoms with van der Waals surface area (Å²) in [5, 5.41) is 5.00. The predicted molar refractivity (Wildman–Crippen MR) is 138 cm³/mol. The van der Waals surface area contributed by atoms with E-state index < -0.39 is 17.2 Å². The summed E-state index contributed by atoms with van der Waals surface area (Å²) >= 11 is -2.28. The smallest absolute Gasteiger partial charge is 0.242 e. The molecule has 1 saturated heterocycles. The van der Waals surface area contributed by atoms with Gasteiger partial charge in [-0.15, -0.1) is 6.42 Å². The number of amides is 2. The molecule has 9 heteroatoms. The molecule has 1 aliphatic heterocycles. The molecular formula is C26H34N4O4S. The molecule has 0 spiro atoms. The molecule has 2 unspecified atom stereocenters. The monoisotopic (exact) mass is 498 g/mol. The van der Waals surface area contributed by atoms with Gasteiger partial charge in [-0.2, -0.15) is 4.31 Å². The second-order valence-electron chi connectivity index (χ2n) is 9.01. The largest absolute Gasteiger partial charge is 0.346 e. The minimum Gasteiger partial charge on any atom is -0.346 e. The van der Waals surface area contributed by atoms with Crippen LogP contribution in [0.3, 0.4) is 0 Å². The summed E-state index contributed by atoms with van der Waals surface area (Å²) in [7, 11) is 1.55. The van der Waals surface area contributed by atoms with Crippen molar-refractivity contribution in [1.82, 2.24) is 19.4 Å². The van der Waals surface area contributed by atoms with E-state index in [4.69, 9.17) is 6.42 Å². The van der Waals surface area contributed by atoms with Gasteiger partial charge in [0, 0.05) is 19.6 Å². The molecule has 8 nitrogen and oxygen atoms in total. The number of piperidine rings is 1. The van der Waals surface area contributed by atoms with Crippen molar-refractivity contribution in [2.24, 2.45) is 5.92 Å². The third-order valence-corrected chi connectivity index (χ3v) is 7.38. The van der Waals surface area contributed by atoms with E-state index in [0.717, 1.165) is 25.9 Å². The number of rotatable bonds is 10. The van der Waals surface area contributed by atoms with Crippen LogP contribution in [-0.2, 0) is 20.9 Å². The Bertz CT molecular complexity index is 1090. The SMILES string of the molecule is C#CCN(C)C(=O)CNC(=O)CN(CC1CCN(C(C)c2cccc3ccccc23)CC1)S(=O)O. The summed E-state index contributed by atoms with van der Waals surface area (Å²) in [5.41, 5.74) is 1.30. The Balaban J connectivity index is 1.50. The summed E-state index contributed by atoms with van der Waals surface area (Å²) in [6, 6.07) is 15.1. The van der Waals surface area contributed by atoms with E-state index in [2.05, 4.69) is 65.5 Å². The summed E-state index contributed by atoms with van der Waals surface area (Å²) in [4.78, 5) is 28.0. The lowest BCUT2D eigenvalue weighted by atomic mass is 9.93. The number of benzene rings is 2. The van der Waals surface area contributed by atoms with Gasteiger partial charge in [0.15, 0.2) is 0 Å². The number of nitrogens with zero attached hydrogens (tertiary/aromatic N) is 3. The number of carbonyl (C=O) groups is 2. The number of terminal acetylenes is 1. The molecule has 2 N–H and O–H groups in total. The van der Waals surface area contributed by atoms with Crippen LogP contribution in [0.1, 0.15) is 31.4 Å². The number of hydrogen-bond donors (Lipinski definition) is 2. The van der Waals surface area contributed by atoms with Crippen molar-refractivity contribution >= 4 is 33.9 Å². The molecule has 0 aliphatic carbocycles. The standard InChI is InChI=1S/C26H34N4O4S/c1-4-14-28(3)26(32)17-27-25(31)19-30(35(33)34)18-21-12-15-29(16-13-21)20(2)23-11-7-9-22-8-5-6-10-24(22)23/h1,5-11,20-21H,12-19H2,2-3H3,(H,27,31)(H,33,34).